The molecule has 1 aliphatic rings. The van der Waals surface area contributed by atoms with Crippen LogP contribution in [-0.2, 0) is 6.54 Å². The molecule has 180 valence electrons. The van der Waals surface area contributed by atoms with Gasteiger partial charge < -0.3 is 20.1 Å². The molecule has 5 rings (SSSR count). The molecule has 3 aromatic carbocycles. The number of hydrogen-bond acceptors (Lipinski definition) is 4. The van der Waals surface area contributed by atoms with Gasteiger partial charge in [0, 0.05) is 33.3 Å². The van der Waals surface area contributed by atoms with Gasteiger partial charge in [-0.15, -0.1) is 0 Å². The van der Waals surface area contributed by atoms with Crippen LogP contribution < -0.4 is 15.3 Å². The van der Waals surface area contributed by atoms with Gasteiger partial charge in [-0.3, -0.25) is 4.79 Å². The number of fused-ring (bicyclic) bond motifs is 2. The van der Waals surface area contributed by atoms with Crippen molar-refractivity contribution in [2.24, 2.45) is 0 Å². The normalized spacial score (nSPS) is 16.1. The van der Waals surface area contributed by atoms with Gasteiger partial charge in [-0.2, -0.15) is 0 Å². The van der Waals surface area contributed by atoms with Crippen LogP contribution in [0.4, 0.5) is 5.69 Å². The molecule has 0 radical (unpaired) electrons. The van der Waals surface area contributed by atoms with Gasteiger partial charge >= 0.3 is 0 Å². The zero-order valence-electron chi connectivity index (χ0n) is 20.3. The van der Waals surface area contributed by atoms with Gasteiger partial charge in [-0.05, 0) is 55.8 Å². The van der Waals surface area contributed by atoms with Crippen molar-refractivity contribution in [1.82, 2.24) is 4.98 Å². The van der Waals surface area contributed by atoms with Crippen LogP contribution in [0.2, 0.25) is 0 Å². The number of aromatic nitrogens is 1. The average molecular weight is 478 g/mol. The van der Waals surface area contributed by atoms with Gasteiger partial charge in [0.25, 0.3) is 5.91 Å². The van der Waals surface area contributed by atoms with Crippen molar-refractivity contribution in [1.29, 1.82) is 0 Å². The Hall–Kier alpha value is -4.29. The second kappa shape index (κ2) is 9.76. The van der Waals surface area contributed by atoms with Gasteiger partial charge in [-0.25, -0.2) is 4.98 Å². The van der Waals surface area contributed by atoms with E-state index in [-0.39, 0.29) is 11.5 Å². The highest BCUT2D eigenvalue weighted by atomic mass is 16.4. The molecule has 6 heteroatoms. The molecule has 1 atom stereocenters. The van der Waals surface area contributed by atoms with E-state index in [0.717, 1.165) is 29.8 Å². The summed E-state index contributed by atoms with van der Waals surface area (Å²) in [5, 5.41) is 15.8. The van der Waals surface area contributed by atoms with Crippen molar-refractivity contribution in [3.8, 4) is 0 Å². The average Bonchev–Trinajstić information content (AvgIpc) is 2.87. The van der Waals surface area contributed by atoms with Crippen molar-refractivity contribution in [2.75, 3.05) is 18.4 Å². The van der Waals surface area contributed by atoms with Crippen LogP contribution in [0.5, 0.6) is 0 Å². The van der Waals surface area contributed by atoms with Crippen LogP contribution in [0.25, 0.3) is 22.6 Å². The van der Waals surface area contributed by atoms with E-state index in [1.807, 2.05) is 79.7 Å². The third-order valence-corrected chi connectivity index (χ3v) is 6.67. The van der Waals surface area contributed by atoms with Crippen molar-refractivity contribution in [3.05, 3.63) is 106 Å². The molecule has 0 bridgehead atoms. The number of benzene rings is 3. The molecule has 36 heavy (non-hydrogen) atoms. The maximum Gasteiger partial charge on any atom is 0.255 e. The first-order valence-corrected chi connectivity index (χ1v) is 12.1. The predicted molar refractivity (Wildman–Crippen MR) is 140 cm³/mol. The standard InChI is InChI=1S/C30H27N3O3/c1-3-33-17-22(28-25(18-33)27(30(35)36)24-9-4-5-10-26(24)32-28)15-20-7-6-8-23(16-20)31-29(34)21-13-11-19(2)12-14-21/h4-16H,3,17-18H2,1-2H3,(H,31,34)(H,35,36)/b22-15+. The lowest BCUT2D eigenvalue weighted by molar-refractivity contribution is -0.905. The second-order valence-electron chi connectivity index (χ2n) is 9.19. The highest BCUT2D eigenvalue weighted by molar-refractivity contribution is 6.05. The Morgan fingerprint density at radius 1 is 1.03 bits per heavy atom. The Bertz CT molecular complexity index is 1510. The van der Waals surface area contributed by atoms with E-state index in [0.29, 0.717) is 40.0 Å². The lowest BCUT2D eigenvalue weighted by atomic mass is 9.92. The molecule has 0 aliphatic carbocycles. The summed E-state index contributed by atoms with van der Waals surface area (Å²) >= 11 is 0. The number of carbonyl (C=O) groups is 2. The highest BCUT2D eigenvalue weighted by Gasteiger charge is 2.28. The van der Waals surface area contributed by atoms with Crippen molar-refractivity contribution < 1.29 is 19.6 Å². The first kappa shape index (κ1) is 23.5. The Kier molecular flexibility index (Phi) is 6.36. The third-order valence-electron chi connectivity index (χ3n) is 6.67. The van der Waals surface area contributed by atoms with Crippen molar-refractivity contribution in [2.45, 2.75) is 20.4 Å². The molecule has 6 nitrogen and oxygen atoms in total. The number of para-hydroxylation sites is 1. The molecule has 1 aliphatic heterocycles. The van der Waals surface area contributed by atoms with E-state index in [1.165, 1.54) is 4.90 Å². The van der Waals surface area contributed by atoms with Gasteiger partial charge in [0.15, 0.2) is 0 Å². The number of carboxylic acids is 1. The summed E-state index contributed by atoms with van der Waals surface area (Å²) in [5.41, 5.74) is 6.53. The number of pyridine rings is 1. The first-order chi connectivity index (χ1) is 17.4. The fourth-order valence-corrected chi connectivity index (χ4v) is 4.77. The Labute approximate surface area is 209 Å². The summed E-state index contributed by atoms with van der Waals surface area (Å²) in [5.74, 6) is -1.35. The summed E-state index contributed by atoms with van der Waals surface area (Å²) in [6.07, 6.45) is 2.04. The Morgan fingerprint density at radius 3 is 2.56 bits per heavy atom. The SMILES string of the molecule is CC[NH+]1C/C(=C\c2cccc(NC(=O)c3ccc(C)cc3)c2)c2nc3ccccc3c(C(=O)[O-])c2C1. The largest absolute Gasteiger partial charge is 0.545 e. The fourth-order valence-electron chi connectivity index (χ4n) is 4.77. The minimum Gasteiger partial charge on any atom is -0.545 e. The molecular weight excluding hydrogens is 450 g/mol. The van der Waals surface area contributed by atoms with E-state index in [4.69, 9.17) is 4.98 Å². The van der Waals surface area contributed by atoms with Crippen LogP contribution in [0.1, 0.15) is 50.0 Å². The Morgan fingerprint density at radius 2 is 1.81 bits per heavy atom. The summed E-state index contributed by atoms with van der Waals surface area (Å²) in [6, 6.07) is 22.4. The number of nitrogens with zero attached hydrogens (tertiary/aromatic N) is 1. The predicted octanol–water partition coefficient (Wildman–Crippen LogP) is 3.12. The number of carbonyl (C=O) groups excluding carboxylic acids is 2. The van der Waals surface area contributed by atoms with E-state index >= 15 is 0 Å². The fraction of sp³-hybridized carbons (Fsp3) is 0.167. The number of aromatic carboxylic acids is 1. The third kappa shape index (κ3) is 4.63. The second-order valence-corrected chi connectivity index (χ2v) is 9.19. The smallest absolute Gasteiger partial charge is 0.255 e. The molecule has 0 saturated heterocycles. The number of likely N-dealkylation sites (N-methyl/N-ethyl adjacent to an activating group) is 1. The number of carboxylic acid groups (broad SMARTS) is 1. The maximum atomic E-state index is 12.7. The molecule has 2 N–H and O–H groups in total. The van der Waals surface area contributed by atoms with Gasteiger partial charge in [0.05, 0.1) is 23.7 Å². The van der Waals surface area contributed by atoms with Gasteiger partial charge in [-0.1, -0.05) is 48.0 Å². The molecule has 0 saturated carbocycles. The Balaban J connectivity index is 1.54. The number of rotatable bonds is 5. The molecular formula is C30H27N3O3. The quantitative estimate of drug-likeness (QED) is 0.463. The van der Waals surface area contributed by atoms with E-state index in [9.17, 15) is 14.7 Å². The zero-order chi connectivity index (χ0) is 25.2. The molecule has 0 spiro atoms. The number of aryl methyl sites for hydroxylation is 1. The highest BCUT2D eigenvalue weighted by Crippen LogP contribution is 2.30. The number of anilines is 1. The van der Waals surface area contributed by atoms with Crippen LogP contribution in [0.15, 0.2) is 72.8 Å². The lowest BCUT2D eigenvalue weighted by Crippen LogP contribution is -3.11. The number of nitrogens with one attached hydrogen (secondary N) is 2. The number of amides is 1. The first-order valence-electron chi connectivity index (χ1n) is 12.1. The van der Waals surface area contributed by atoms with Crippen LogP contribution in [0.3, 0.4) is 0 Å². The summed E-state index contributed by atoms with van der Waals surface area (Å²) in [6.45, 7) is 6.23. The van der Waals surface area contributed by atoms with E-state index < -0.39 is 5.97 Å². The molecule has 2 heterocycles. The monoisotopic (exact) mass is 477 g/mol. The van der Waals surface area contributed by atoms with Crippen molar-refractivity contribution >= 4 is 40.1 Å². The van der Waals surface area contributed by atoms with Crippen LogP contribution in [0, 0.1) is 6.92 Å². The van der Waals surface area contributed by atoms with E-state index in [2.05, 4.69) is 12.2 Å². The topological polar surface area (TPSA) is 86.6 Å². The summed E-state index contributed by atoms with van der Waals surface area (Å²) in [7, 11) is 0. The molecule has 1 aromatic heterocycles. The maximum absolute atomic E-state index is 12.7. The van der Waals surface area contributed by atoms with Gasteiger partial charge in [0.2, 0.25) is 0 Å². The summed E-state index contributed by atoms with van der Waals surface area (Å²) in [4.78, 5) is 31.0. The number of quaternary nitrogens is 1. The van der Waals surface area contributed by atoms with Gasteiger partial charge in [0.1, 0.15) is 13.1 Å². The van der Waals surface area contributed by atoms with Crippen LogP contribution in [-0.4, -0.2) is 29.9 Å². The molecule has 0 fully saturated rings. The molecule has 4 aromatic rings. The minimum absolute atomic E-state index is 0.170. The molecule has 1 unspecified atom stereocenters. The lowest BCUT2D eigenvalue weighted by Gasteiger charge is -2.29. The van der Waals surface area contributed by atoms with Crippen LogP contribution >= 0.6 is 0 Å². The van der Waals surface area contributed by atoms with E-state index in [1.54, 1.807) is 6.07 Å². The minimum atomic E-state index is -1.18. The zero-order valence-corrected chi connectivity index (χ0v) is 20.3. The summed E-state index contributed by atoms with van der Waals surface area (Å²) < 4.78 is 0. The molecule has 1 amide bonds. The number of hydrogen-bond donors (Lipinski definition) is 2. The van der Waals surface area contributed by atoms with Crippen molar-refractivity contribution in [3.63, 3.8) is 0 Å².